The van der Waals surface area contributed by atoms with Gasteiger partial charge in [-0.25, -0.2) is 0 Å². The Kier molecular flexibility index (Phi) is 5.06. The van der Waals surface area contributed by atoms with Crippen molar-refractivity contribution in [1.82, 2.24) is 9.80 Å². The molecular formula is C16H28N2O2. The molecule has 2 saturated heterocycles. The number of nitrogens with zero attached hydrogens (tertiary/aromatic N) is 2. The van der Waals surface area contributed by atoms with Crippen molar-refractivity contribution in [2.45, 2.75) is 83.8 Å². The minimum absolute atomic E-state index is 0.157. The second-order valence-corrected chi connectivity index (χ2v) is 6.20. The third-order valence-corrected chi connectivity index (χ3v) is 4.76. The molecule has 0 N–H and O–H groups in total. The molecule has 4 heteroatoms. The first-order valence-electron chi connectivity index (χ1n) is 8.24. The third-order valence-electron chi connectivity index (χ3n) is 4.76. The van der Waals surface area contributed by atoms with Crippen LogP contribution < -0.4 is 0 Å². The van der Waals surface area contributed by atoms with Gasteiger partial charge >= 0.3 is 0 Å². The predicted molar refractivity (Wildman–Crippen MR) is 79.3 cm³/mol. The Balaban J connectivity index is 2.18. The average Bonchev–Trinajstić information content (AvgIpc) is 2.92. The van der Waals surface area contributed by atoms with Crippen LogP contribution in [0.2, 0.25) is 0 Å². The second-order valence-electron chi connectivity index (χ2n) is 6.20. The lowest BCUT2D eigenvalue weighted by Gasteiger charge is -2.45. The van der Waals surface area contributed by atoms with Crippen LogP contribution >= 0.6 is 0 Å². The first-order chi connectivity index (χ1) is 9.61. The molecule has 2 rings (SSSR count). The number of carbonyl (C=O) groups is 2. The number of rotatable bonds is 6. The van der Waals surface area contributed by atoms with E-state index < -0.39 is 0 Å². The summed E-state index contributed by atoms with van der Waals surface area (Å²) >= 11 is 0. The summed E-state index contributed by atoms with van der Waals surface area (Å²) in [5.41, 5.74) is 0. The summed E-state index contributed by atoms with van der Waals surface area (Å²) in [6.45, 7) is 7.00. The Bertz CT molecular complexity index is 369. The van der Waals surface area contributed by atoms with E-state index in [4.69, 9.17) is 0 Å². The summed E-state index contributed by atoms with van der Waals surface area (Å²) in [7, 11) is 0. The van der Waals surface area contributed by atoms with Crippen LogP contribution in [0.4, 0.5) is 0 Å². The molecule has 20 heavy (non-hydrogen) atoms. The minimum atomic E-state index is -0.273. The van der Waals surface area contributed by atoms with Crippen molar-refractivity contribution in [3.05, 3.63) is 0 Å². The monoisotopic (exact) mass is 280 g/mol. The summed E-state index contributed by atoms with van der Waals surface area (Å²) in [6, 6.07) is -0.195. The average molecular weight is 280 g/mol. The van der Waals surface area contributed by atoms with E-state index in [9.17, 15) is 9.59 Å². The Morgan fingerprint density at radius 1 is 1.15 bits per heavy atom. The maximum Gasteiger partial charge on any atom is 0.246 e. The molecule has 2 aliphatic rings. The quantitative estimate of drug-likeness (QED) is 0.750. The summed E-state index contributed by atoms with van der Waals surface area (Å²) in [4.78, 5) is 29.0. The number of amides is 2. The molecule has 2 amide bonds. The minimum Gasteiger partial charge on any atom is -0.329 e. The van der Waals surface area contributed by atoms with Crippen LogP contribution in [0.25, 0.3) is 0 Å². The van der Waals surface area contributed by atoms with Crippen molar-refractivity contribution in [2.75, 3.05) is 6.54 Å². The Hall–Kier alpha value is -1.06. The van der Waals surface area contributed by atoms with Crippen molar-refractivity contribution in [3.63, 3.8) is 0 Å². The van der Waals surface area contributed by atoms with Gasteiger partial charge in [0.1, 0.15) is 12.1 Å². The lowest BCUT2D eigenvalue weighted by molar-refractivity contribution is -0.161. The molecule has 0 aliphatic carbocycles. The van der Waals surface area contributed by atoms with Gasteiger partial charge in [-0.3, -0.25) is 9.59 Å². The number of piperazine rings is 1. The molecule has 2 aliphatic heterocycles. The molecule has 3 unspecified atom stereocenters. The van der Waals surface area contributed by atoms with Crippen LogP contribution in [0.1, 0.15) is 65.7 Å². The fourth-order valence-corrected chi connectivity index (χ4v) is 3.70. The first-order valence-corrected chi connectivity index (χ1v) is 8.24. The molecule has 0 aromatic rings. The van der Waals surface area contributed by atoms with E-state index in [1.54, 1.807) is 0 Å². The number of fused-ring (bicyclic) bond motifs is 1. The van der Waals surface area contributed by atoms with E-state index >= 15 is 0 Å². The fourth-order valence-electron chi connectivity index (χ4n) is 3.70. The Morgan fingerprint density at radius 2 is 1.90 bits per heavy atom. The molecule has 0 aromatic carbocycles. The number of carbonyl (C=O) groups excluding carboxylic acids is 2. The molecule has 2 fully saturated rings. The van der Waals surface area contributed by atoms with E-state index in [2.05, 4.69) is 13.8 Å². The molecule has 3 atom stereocenters. The van der Waals surface area contributed by atoms with Crippen molar-refractivity contribution in [3.8, 4) is 0 Å². The van der Waals surface area contributed by atoms with E-state index in [0.29, 0.717) is 0 Å². The number of hydrogen-bond acceptors (Lipinski definition) is 2. The highest BCUT2D eigenvalue weighted by molar-refractivity contribution is 5.97. The molecule has 0 bridgehead atoms. The van der Waals surface area contributed by atoms with Crippen LogP contribution in [-0.2, 0) is 9.59 Å². The van der Waals surface area contributed by atoms with Crippen LogP contribution in [0.3, 0.4) is 0 Å². The lowest BCUT2D eigenvalue weighted by Crippen LogP contribution is -2.64. The standard InChI is InChI=1S/C16H28N2O2/c1-4-6-9-13(8-5-2)18-12(3)15(19)17-11-7-10-14(17)16(18)20/h12-14H,4-11H2,1-3H3. The zero-order valence-corrected chi connectivity index (χ0v) is 13.1. The zero-order valence-electron chi connectivity index (χ0n) is 13.1. The van der Waals surface area contributed by atoms with Gasteiger partial charge in [0.2, 0.25) is 11.8 Å². The van der Waals surface area contributed by atoms with E-state index in [1.807, 2.05) is 16.7 Å². The van der Waals surface area contributed by atoms with Gasteiger partial charge in [0.05, 0.1) is 0 Å². The maximum atomic E-state index is 12.8. The highest BCUT2D eigenvalue weighted by Crippen LogP contribution is 2.30. The van der Waals surface area contributed by atoms with E-state index in [0.717, 1.165) is 51.5 Å². The predicted octanol–water partition coefficient (Wildman–Crippen LogP) is 2.57. The zero-order chi connectivity index (χ0) is 14.7. The largest absolute Gasteiger partial charge is 0.329 e. The molecule has 0 radical (unpaired) electrons. The van der Waals surface area contributed by atoms with Crippen molar-refractivity contribution >= 4 is 11.8 Å². The first kappa shape index (κ1) is 15.3. The lowest BCUT2D eigenvalue weighted by atomic mass is 9.97. The van der Waals surface area contributed by atoms with Gasteiger partial charge in [0, 0.05) is 12.6 Å². The van der Waals surface area contributed by atoms with Gasteiger partial charge in [-0.1, -0.05) is 33.1 Å². The highest BCUT2D eigenvalue weighted by Gasteiger charge is 2.47. The molecule has 2 heterocycles. The number of hydrogen-bond donors (Lipinski definition) is 0. The third kappa shape index (κ3) is 2.70. The van der Waals surface area contributed by atoms with Gasteiger partial charge in [-0.2, -0.15) is 0 Å². The Morgan fingerprint density at radius 3 is 2.55 bits per heavy atom. The highest BCUT2D eigenvalue weighted by atomic mass is 16.2. The van der Waals surface area contributed by atoms with Crippen LogP contribution in [-0.4, -0.2) is 46.3 Å². The summed E-state index contributed by atoms with van der Waals surface area (Å²) in [5, 5.41) is 0. The van der Waals surface area contributed by atoms with Gasteiger partial charge in [0.15, 0.2) is 0 Å². The molecule has 0 saturated carbocycles. The van der Waals surface area contributed by atoms with Gasteiger partial charge in [-0.05, 0) is 32.6 Å². The summed E-state index contributed by atoms with van der Waals surface area (Å²) in [6.07, 6.45) is 7.18. The van der Waals surface area contributed by atoms with Gasteiger partial charge < -0.3 is 9.80 Å². The van der Waals surface area contributed by atoms with E-state index in [1.165, 1.54) is 0 Å². The molecule has 0 aromatic heterocycles. The topological polar surface area (TPSA) is 40.6 Å². The van der Waals surface area contributed by atoms with Crippen LogP contribution in [0.15, 0.2) is 0 Å². The van der Waals surface area contributed by atoms with Crippen LogP contribution in [0.5, 0.6) is 0 Å². The molecule has 114 valence electrons. The van der Waals surface area contributed by atoms with Crippen LogP contribution in [0, 0.1) is 0 Å². The van der Waals surface area contributed by atoms with Crippen molar-refractivity contribution in [1.29, 1.82) is 0 Å². The van der Waals surface area contributed by atoms with E-state index in [-0.39, 0.29) is 29.9 Å². The molecular weight excluding hydrogens is 252 g/mol. The van der Waals surface area contributed by atoms with Gasteiger partial charge in [0.25, 0.3) is 0 Å². The molecule has 0 spiro atoms. The van der Waals surface area contributed by atoms with Gasteiger partial charge in [-0.15, -0.1) is 0 Å². The maximum absolute atomic E-state index is 12.8. The SMILES string of the molecule is CCCCC(CCC)N1C(=O)C2CCCN2C(=O)C1C. The Labute approximate surface area is 122 Å². The fraction of sp³-hybridized carbons (Fsp3) is 0.875. The normalized spacial score (nSPS) is 27.9. The molecule has 4 nitrogen and oxygen atoms in total. The summed E-state index contributed by atoms with van der Waals surface area (Å²) in [5.74, 6) is 0.355. The second kappa shape index (κ2) is 6.59. The summed E-state index contributed by atoms with van der Waals surface area (Å²) < 4.78 is 0. The smallest absolute Gasteiger partial charge is 0.246 e. The van der Waals surface area contributed by atoms with Crippen molar-refractivity contribution < 1.29 is 9.59 Å². The number of unbranched alkanes of at least 4 members (excludes halogenated alkanes) is 1. The van der Waals surface area contributed by atoms with Crippen molar-refractivity contribution in [2.24, 2.45) is 0 Å².